The molecule has 1 aromatic carbocycles. The molecule has 3 heterocycles. The summed E-state index contributed by atoms with van der Waals surface area (Å²) < 4.78 is 57.0. The zero-order chi connectivity index (χ0) is 57.5. The zero-order valence-corrected chi connectivity index (χ0v) is 47.9. The van der Waals surface area contributed by atoms with Crippen molar-refractivity contribution in [2.24, 2.45) is 5.92 Å². The number of hydrogen-bond donors (Lipinski definition) is 4. The van der Waals surface area contributed by atoms with Crippen LogP contribution < -0.4 is 25.6 Å². The van der Waals surface area contributed by atoms with Crippen molar-refractivity contribution >= 4 is 53.2 Å². The van der Waals surface area contributed by atoms with E-state index >= 15 is 0 Å². The van der Waals surface area contributed by atoms with Crippen molar-refractivity contribution in [1.29, 1.82) is 0 Å². The Kier molecular flexibility index (Phi) is 26.3. The summed E-state index contributed by atoms with van der Waals surface area (Å²) >= 11 is 6.81. The number of nitrogens with one attached hydrogen (secondary N) is 3. The molecule has 0 aromatic heterocycles. The predicted molar refractivity (Wildman–Crippen MR) is 292 cm³/mol. The number of nitrogens with zero attached hydrogens (tertiary/aromatic N) is 2. The van der Waals surface area contributed by atoms with E-state index in [0.29, 0.717) is 70.7 Å². The number of likely N-dealkylation sites (N-methyl/N-ethyl adjacent to an activating group) is 1. The molecule has 79 heavy (non-hydrogen) atoms. The van der Waals surface area contributed by atoms with Gasteiger partial charge in [0.25, 0.3) is 0 Å². The number of anilines is 1. The molecule has 0 radical (unpaired) electrons. The van der Waals surface area contributed by atoms with E-state index in [9.17, 15) is 33.9 Å². The Morgan fingerprint density at radius 3 is 2.27 bits per heavy atom. The number of epoxide rings is 1. The fraction of sp³-hybridized carbons (Fsp3) is 0.679. The third kappa shape index (κ3) is 20.0. The second-order valence-electron chi connectivity index (χ2n) is 20.5. The Bertz CT molecular complexity index is 2290. The van der Waals surface area contributed by atoms with Gasteiger partial charge in [-0.2, -0.15) is 0 Å². The number of allylic oxidation sites excluding steroid dienone is 5. The zero-order valence-electron chi connectivity index (χ0n) is 47.2. The van der Waals surface area contributed by atoms with Crippen LogP contribution >= 0.6 is 11.6 Å². The second-order valence-corrected chi connectivity index (χ2v) is 20.9. The summed E-state index contributed by atoms with van der Waals surface area (Å²) in [5, 5.41) is 20.0. The first-order valence-corrected chi connectivity index (χ1v) is 27.7. The number of amides is 5. The molecule has 2 saturated heterocycles. The van der Waals surface area contributed by atoms with Crippen molar-refractivity contribution in [1.82, 2.24) is 20.9 Å². The number of methoxy groups -OCH3 is 2. The minimum absolute atomic E-state index is 0.0345. The maximum absolute atomic E-state index is 14.3. The van der Waals surface area contributed by atoms with Gasteiger partial charge >= 0.3 is 18.2 Å². The highest BCUT2D eigenvalue weighted by atomic mass is 35.5. The molecule has 4 aliphatic rings. The van der Waals surface area contributed by atoms with Gasteiger partial charge in [0.2, 0.25) is 17.7 Å². The van der Waals surface area contributed by atoms with Gasteiger partial charge in [-0.05, 0) is 83.4 Å². The van der Waals surface area contributed by atoms with Crippen LogP contribution in [0.25, 0.3) is 0 Å². The van der Waals surface area contributed by atoms with Crippen LogP contribution in [0.15, 0.2) is 48.1 Å². The fourth-order valence-electron chi connectivity index (χ4n) is 9.57. The standard InChI is InChI=1S/C56H84ClN5O17/c1-37-16-14-19-45(71-8)56(69)36-44(77-54(68)60-56)38(2)51-55(4,79-51)46(35-49(65)62(6)42-33-40(32-37)34-43(70-7)50(42)57)78-52(66)39(3)61(5)48(64)21-15-20-47(63)58-22-24-72-26-28-74-30-31-75-29-27-73-25-23-59-53(67)76-41-17-12-10-9-11-13-18-41/h9-10,14,16,19,33-34,38-39,41,44-46,51,69H,11-13,15,17-18,20-32,35-36H2,1-8H3,(H,58,63)(H,59,67)(H,60,68)/b10-9+,19-14+,37-16+/t38-,39+,41?,44+,45-,46+,51+,55+,56+/m1/s1. The van der Waals surface area contributed by atoms with E-state index in [2.05, 4.69) is 28.1 Å². The molecule has 3 aliphatic heterocycles. The highest BCUT2D eigenvalue weighted by molar-refractivity contribution is 6.35. The van der Waals surface area contributed by atoms with Crippen LogP contribution in [0.4, 0.5) is 15.3 Å². The normalized spacial score (nSPS) is 27.2. The molecule has 4 N–H and O–H groups in total. The second kappa shape index (κ2) is 32.2. The molecule has 22 nitrogen and oxygen atoms in total. The van der Waals surface area contributed by atoms with Gasteiger partial charge in [0, 0.05) is 59.5 Å². The van der Waals surface area contributed by atoms with Crippen molar-refractivity contribution in [2.75, 3.05) is 99.2 Å². The van der Waals surface area contributed by atoms with Gasteiger partial charge in [0.05, 0.1) is 78.2 Å². The van der Waals surface area contributed by atoms with E-state index < -0.39 is 77.7 Å². The molecule has 2 fully saturated rings. The number of fused-ring (bicyclic) bond motifs is 5. The van der Waals surface area contributed by atoms with Crippen LogP contribution in [0.1, 0.15) is 97.5 Å². The van der Waals surface area contributed by atoms with Crippen LogP contribution in [0.5, 0.6) is 5.75 Å². The van der Waals surface area contributed by atoms with Crippen LogP contribution in [-0.4, -0.2) is 188 Å². The maximum atomic E-state index is 14.3. The molecule has 4 bridgehead atoms. The average molecular weight is 1130 g/mol. The van der Waals surface area contributed by atoms with E-state index in [-0.39, 0.29) is 62.3 Å². The number of rotatable bonds is 25. The summed E-state index contributed by atoms with van der Waals surface area (Å²) in [6.07, 6.45) is 9.23. The summed E-state index contributed by atoms with van der Waals surface area (Å²) in [7, 11) is 5.90. The molecule has 0 saturated carbocycles. The third-order valence-corrected chi connectivity index (χ3v) is 14.9. The Hall–Kier alpha value is -5.33. The molecule has 5 rings (SSSR count). The Morgan fingerprint density at radius 1 is 0.937 bits per heavy atom. The number of benzene rings is 1. The first kappa shape index (κ1) is 64.5. The van der Waals surface area contributed by atoms with Gasteiger partial charge in [-0.1, -0.05) is 54.5 Å². The summed E-state index contributed by atoms with van der Waals surface area (Å²) in [6, 6.07) is 2.44. The number of alkyl carbamates (subject to hydrolysis) is 2. The number of ether oxygens (including phenoxy) is 10. The minimum Gasteiger partial charge on any atom is -0.495 e. The quantitative estimate of drug-likeness (QED) is 0.0311. The monoisotopic (exact) mass is 1130 g/mol. The topological polar surface area (TPSA) is 261 Å². The van der Waals surface area contributed by atoms with E-state index in [0.717, 1.165) is 43.2 Å². The lowest BCUT2D eigenvalue weighted by Crippen LogP contribution is -2.63. The van der Waals surface area contributed by atoms with Crippen molar-refractivity contribution < 1.29 is 81.2 Å². The van der Waals surface area contributed by atoms with Crippen molar-refractivity contribution in [3.63, 3.8) is 0 Å². The number of halogens is 1. The molecule has 0 spiro atoms. The smallest absolute Gasteiger partial charge is 0.409 e. The van der Waals surface area contributed by atoms with Gasteiger partial charge in [-0.25, -0.2) is 14.4 Å². The molecular formula is C56H84ClN5O17. The molecule has 5 amide bonds. The van der Waals surface area contributed by atoms with E-state index in [1.54, 1.807) is 45.2 Å². The first-order chi connectivity index (χ1) is 37.8. The van der Waals surface area contributed by atoms with E-state index in [4.69, 9.17) is 59.0 Å². The largest absolute Gasteiger partial charge is 0.495 e. The molecular weight excluding hydrogens is 1050 g/mol. The van der Waals surface area contributed by atoms with Crippen molar-refractivity contribution in [3.8, 4) is 5.75 Å². The van der Waals surface area contributed by atoms with Crippen molar-refractivity contribution in [2.45, 2.75) is 146 Å². The van der Waals surface area contributed by atoms with Crippen LogP contribution in [0, 0.1) is 5.92 Å². The Labute approximate surface area is 469 Å². The maximum Gasteiger partial charge on any atom is 0.409 e. The fourth-order valence-corrected chi connectivity index (χ4v) is 9.88. The first-order valence-electron chi connectivity index (χ1n) is 27.3. The average Bonchev–Trinajstić information content (AvgIpc) is 3.98. The summed E-state index contributed by atoms with van der Waals surface area (Å²) in [6.45, 7) is 10.3. The van der Waals surface area contributed by atoms with Gasteiger partial charge < -0.3 is 72.9 Å². The van der Waals surface area contributed by atoms with Gasteiger partial charge in [-0.15, -0.1) is 0 Å². The number of hydrogen-bond acceptors (Lipinski definition) is 17. The van der Waals surface area contributed by atoms with Gasteiger partial charge in [-0.3, -0.25) is 19.7 Å². The molecule has 1 aliphatic carbocycles. The lowest BCUT2D eigenvalue weighted by Gasteiger charge is -2.42. The Balaban J connectivity index is 1.03. The summed E-state index contributed by atoms with van der Waals surface area (Å²) in [5.74, 6) is -2.20. The van der Waals surface area contributed by atoms with Crippen LogP contribution in [0.2, 0.25) is 5.02 Å². The van der Waals surface area contributed by atoms with E-state index in [1.807, 2.05) is 13.0 Å². The molecule has 9 atom stereocenters. The molecule has 1 unspecified atom stereocenters. The van der Waals surface area contributed by atoms with Crippen molar-refractivity contribution in [3.05, 3.63) is 58.7 Å². The van der Waals surface area contributed by atoms with Crippen LogP contribution in [0.3, 0.4) is 0 Å². The molecule has 442 valence electrons. The van der Waals surface area contributed by atoms with Gasteiger partial charge in [0.15, 0.2) is 5.72 Å². The number of carbonyl (C=O) groups excluding carboxylic acids is 6. The number of esters is 1. The number of aliphatic hydroxyl groups is 1. The lowest BCUT2D eigenvalue weighted by molar-refractivity contribution is -0.162. The van der Waals surface area contributed by atoms with E-state index in [1.165, 1.54) is 38.0 Å². The Morgan fingerprint density at radius 2 is 1.59 bits per heavy atom. The van der Waals surface area contributed by atoms with Crippen LogP contribution in [-0.2, 0) is 68.2 Å². The molecule has 1 aromatic rings. The number of carbonyl (C=O) groups is 6. The predicted octanol–water partition coefficient (Wildman–Crippen LogP) is 5.48. The SMILES string of the molecule is COc1cc2cc(c1Cl)N(C)C(=O)C[C@H](OC(=O)[C@H](C)N(C)C(=O)CCCC(=O)NCCOCCOCCOCCOCCNC(=O)OC1CC/C=C/CCC1)[C@]1(C)O[C@H]1[C@H](C)[C@@H]1C[C@@](O)(NC(=O)O1)[C@H](OC)/C=C/C=C(\C)C2. The summed E-state index contributed by atoms with van der Waals surface area (Å²) in [4.78, 5) is 81.9. The highest BCUT2D eigenvalue weighted by Gasteiger charge is 2.64. The van der Waals surface area contributed by atoms with Gasteiger partial charge in [0.1, 0.15) is 46.8 Å². The third-order valence-electron chi connectivity index (χ3n) is 14.5. The molecule has 23 heteroatoms. The highest BCUT2D eigenvalue weighted by Crippen LogP contribution is 2.49. The minimum atomic E-state index is -1.87. The summed E-state index contributed by atoms with van der Waals surface area (Å²) in [5.41, 5.74) is -1.13. The lowest BCUT2D eigenvalue weighted by atomic mass is 9.83.